The van der Waals surface area contributed by atoms with Crippen LogP contribution in [0.3, 0.4) is 0 Å². The maximum absolute atomic E-state index is 14.4. The summed E-state index contributed by atoms with van der Waals surface area (Å²) in [4.78, 5) is 9.51. The van der Waals surface area contributed by atoms with Gasteiger partial charge in [-0.1, -0.05) is 42.0 Å². The van der Waals surface area contributed by atoms with Crippen molar-refractivity contribution in [3.63, 3.8) is 0 Å². The number of nitrogens with zero attached hydrogens (tertiary/aromatic N) is 1. The molecule has 0 aliphatic rings. The van der Waals surface area contributed by atoms with E-state index >= 15 is 0 Å². The summed E-state index contributed by atoms with van der Waals surface area (Å²) in [5.41, 5.74) is 2.91. The van der Waals surface area contributed by atoms with Crippen LogP contribution in [0.25, 0.3) is 0 Å². The van der Waals surface area contributed by atoms with Crippen molar-refractivity contribution in [2.45, 2.75) is 24.9 Å². The lowest BCUT2D eigenvalue weighted by molar-refractivity contribution is 0.0706. The van der Waals surface area contributed by atoms with E-state index in [1.165, 1.54) is 29.7 Å². The molecule has 0 saturated carbocycles. The van der Waals surface area contributed by atoms with E-state index in [0.717, 1.165) is 5.56 Å². The molecule has 0 bridgehead atoms. The van der Waals surface area contributed by atoms with Crippen molar-refractivity contribution in [2.24, 2.45) is 0 Å². The predicted octanol–water partition coefficient (Wildman–Crippen LogP) is 4.20. The van der Waals surface area contributed by atoms with E-state index in [1.807, 2.05) is 0 Å². The molecule has 0 aliphatic heterocycles. The van der Waals surface area contributed by atoms with E-state index in [0.29, 0.717) is 9.87 Å². The van der Waals surface area contributed by atoms with Crippen LogP contribution in [-0.2, 0) is 23.1 Å². The van der Waals surface area contributed by atoms with E-state index in [1.54, 1.807) is 31.2 Å². The fraction of sp³-hybridized carbons (Fsp3) is 0.136. The van der Waals surface area contributed by atoms with E-state index in [4.69, 9.17) is 5.21 Å². The maximum atomic E-state index is 14.4. The molecule has 2 N–H and O–H groups in total. The number of hydrogen-bond donors (Lipinski definition) is 2. The van der Waals surface area contributed by atoms with Gasteiger partial charge in [-0.25, -0.2) is 35.8 Å². The number of benzene rings is 3. The van der Waals surface area contributed by atoms with Crippen LogP contribution in [-0.4, -0.2) is 23.8 Å². The van der Waals surface area contributed by atoms with Gasteiger partial charge in [0.1, 0.15) is 0 Å². The SMILES string of the molecule is Cc1ccc(CN(Cc2ccc(C(=O)NO)cc2)S(=O)(=O)c2c(F)c(F)c(F)c(F)c2F)cc1. The Kier molecular flexibility index (Phi) is 7.34. The molecule has 3 rings (SSSR count). The average molecular weight is 500 g/mol. The molecule has 0 fully saturated rings. The number of halogens is 5. The molecule has 3 aromatic carbocycles. The van der Waals surface area contributed by atoms with Gasteiger partial charge in [0, 0.05) is 18.7 Å². The summed E-state index contributed by atoms with van der Waals surface area (Å²) < 4.78 is 96.6. The van der Waals surface area contributed by atoms with E-state index in [-0.39, 0.29) is 11.1 Å². The Hall–Kier alpha value is -3.35. The average Bonchev–Trinajstić information content (AvgIpc) is 2.82. The fourth-order valence-electron chi connectivity index (χ4n) is 3.09. The van der Waals surface area contributed by atoms with Crippen molar-refractivity contribution in [3.8, 4) is 0 Å². The highest BCUT2D eigenvalue weighted by molar-refractivity contribution is 7.89. The molecule has 0 atom stereocenters. The summed E-state index contributed by atoms with van der Waals surface area (Å²) in [7, 11) is -5.24. The Labute approximate surface area is 191 Å². The standard InChI is InChI=1S/C22H17F5N2O4S/c1-12-2-4-13(5-3-12)10-29(11-14-6-8-15(9-7-14)22(30)28-31)34(32,33)21-19(26)17(24)16(23)18(25)20(21)27/h2-9,31H,10-11H2,1H3,(H,28,30). The summed E-state index contributed by atoms with van der Waals surface area (Å²) in [6, 6.07) is 11.5. The zero-order valence-electron chi connectivity index (χ0n) is 17.5. The highest BCUT2D eigenvalue weighted by Crippen LogP contribution is 2.30. The van der Waals surface area contributed by atoms with Gasteiger partial charge in [0.15, 0.2) is 28.2 Å². The normalized spacial score (nSPS) is 11.6. The topological polar surface area (TPSA) is 86.7 Å². The monoisotopic (exact) mass is 500 g/mol. The molecule has 0 heterocycles. The number of aryl methyl sites for hydroxylation is 1. The lowest BCUT2D eigenvalue weighted by Crippen LogP contribution is -2.32. The first-order valence-electron chi connectivity index (χ1n) is 9.57. The van der Waals surface area contributed by atoms with Crippen LogP contribution in [0.15, 0.2) is 53.4 Å². The van der Waals surface area contributed by atoms with Crippen molar-refractivity contribution in [1.29, 1.82) is 0 Å². The number of hydroxylamine groups is 1. The van der Waals surface area contributed by atoms with Crippen molar-refractivity contribution in [3.05, 3.63) is 99.9 Å². The van der Waals surface area contributed by atoms with Crippen molar-refractivity contribution in [2.75, 3.05) is 0 Å². The first-order chi connectivity index (χ1) is 16.0. The zero-order valence-corrected chi connectivity index (χ0v) is 18.3. The van der Waals surface area contributed by atoms with Gasteiger partial charge in [0.05, 0.1) is 0 Å². The Morgan fingerprint density at radius 1 is 0.794 bits per heavy atom. The van der Waals surface area contributed by atoms with Crippen molar-refractivity contribution < 1.29 is 40.4 Å². The summed E-state index contributed by atoms with van der Waals surface area (Å²) in [5.74, 6) is -13.0. The van der Waals surface area contributed by atoms with Gasteiger partial charge < -0.3 is 0 Å². The summed E-state index contributed by atoms with van der Waals surface area (Å²) in [6.45, 7) is 0.787. The van der Waals surface area contributed by atoms with Crippen molar-refractivity contribution in [1.82, 2.24) is 9.79 Å². The molecule has 34 heavy (non-hydrogen) atoms. The van der Waals surface area contributed by atoms with Crippen LogP contribution in [0, 0.1) is 36.0 Å². The van der Waals surface area contributed by atoms with Crippen LogP contribution >= 0.6 is 0 Å². The third-order valence-electron chi connectivity index (χ3n) is 4.92. The Balaban J connectivity index is 2.10. The van der Waals surface area contributed by atoms with Gasteiger partial charge >= 0.3 is 0 Å². The van der Waals surface area contributed by atoms with Gasteiger partial charge in [-0.3, -0.25) is 10.0 Å². The van der Waals surface area contributed by atoms with Crippen LogP contribution in [0.1, 0.15) is 27.0 Å². The molecular weight excluding hydrogens is 483 g/mol. The molecular formula is C22H17F5N2O4S. The number of carbonyl (C=O) groups excluding carboxylic acids is 1. The fourth-order valence-corrected chi connectivity index (χ4v) is 4.62. The van der Waals surface area contributed by atoms with E-state index < -0.39 is 63.0 Å². The summed E-state index contributed by atoms with van der Waals surface area (Å²) in [5, 5.41) is 8.69. The second kappa shape index (κ2) is 9.87. The van der Waals surface area contributed by atoms with Crippen molar-refractivity contribution >= 4 is 15.9 Å². The molecule has 6 nitrogen and oxygen atoms in total. The number of hydrogen-bond acceptors (Lipinski definition) is 4. The number of sulfonamides is 1. The van der Waals surface area contributed by atoms with E-state index in [2.05, 4.69) is 0 Å². The maximum Gasteiger partial charge on any atom is 0.274 e. The van der Waals surface area contributed by atoms with Gasteiger partial charge in [0.25, 0.3) is 5.91 Å². The lowest BCUT2D eigenvalue weighted by Gasteiger charge is -2.23. The summed E-state index contributed by atoms with van der Waals surface area (Å²) in [6.07, 6.45) is 0. The Bertz CT molecular complexity index is 1300. The minimum atomic E-state index is -5.24. The van der Waals surface area contributed by atoms with Gasteiger partial charge in [-0.15, -0.1) is 0 Å². The molecule has 3 aromatic rings. The molecule has 0 spiro atoms. The zero-order chi connectivity index (χ0) is 25.2. The third-order valence-corrected chi connectivity index (χ3v) is 6.74. The number of carbonyl (C=O) groups is 1. The lowest BCUT2D eigenvalue weighted by atomic mass is 10.1. The molecule has 180 valence electrons. The first-order valence-corrected chi connectivity index (χ1v) is 11.0. The van der Waals surface area contributed by atoms with Crippen LogP contribution in [0.4, 0.5) is 22.0 Å². The molecule has 0 aliphatic carbocycles. The van der Waals surface area contributed by atoms with Gasteiger partial charge in [-0.2, -0.15) is 4.31 Å². The van der Waals surface area contributed by atoms with E-state index in [9.17, 15) is 35.2 Å². The van der Waals surface area contributed by atoms with Gasteiger partial charge in [0.2, 0.25) is 15.8 Å². The van der Waals surface area contributed by atoms with Crippen LogP contribution < -0.4 is 5.48 Å². The number of rotatable bonds is 7. The summed E-state index contributed by atoms with van der Waals surface area (Å²) >= 11 is 0. The smallest absolute Gasteiger partial charge is 0.274 e. The molecule has 0 aromatic heterocycles. The minimum absolute atomic E-state index is 0.0268. The predicted molar refractivity (Wildman–Crippen MR) is 110 cm³/mol. The third kappa shape index (κ3) is 4.93. The van der Waals surface area contributed by atoms with Crippen LogP contribution in [0.5, 0.6) is 0 Å². The minimum Gasteiger partial charge on any atom is -0.288 e. The number of nitrogens with one attached hydrogen (secondary N) is 1. The molecule has 0 radical (unpaired) electrons. The molecule has 12 heteroatoms. The second-order valence-electron chi connectivity index (χ2n) is 7.30. The first kappa shape index (κ1) is 25.3. The largest absolute Gasteiger partial charge is 0.288 e. The second-order valence-corrected chi connectivity index (χ2v) is 9.17. The molecule has 1 amide bonds. The highest BCUT2D eigenvalue weighted by atomic mass is 32.2. The molecule has 0 saturated heterocycles. The Morgan fingerprint density at radius 3 is 1.65 bits per heavy atom. The highest BCUT2D eigenvalue weighted by Gasteiger charge is 2.37. The van der Waals surface area contributed by atoms with Crippen LogP contribution in [0.2, 0.25) is 0 Å². The number of amides is 1. The van der Waals surface area contributed by atoms with Gasteiger partial charge in [-0.05, 0) is 30.2 Å². The quantitative estimate of drug-likeness (QED) is 0.167. The Morgan fingerprint density at radius 2 is 1.21 bits per heavy atom. The molecule has 0 unspecified atom stereocenters.